The van der Waals surface area contributed by atoms with Crippen LogP contribution in [-0.2, 0) is 11.3 Å². The molecular formula is C20H21N5O5S. The molecule has 1 fully saturated rings. The van der Waals surface area contributed by atoms with Crippen LogP contribution in [0.2, 0.25) is 0 Å². The molecule has 3 heterocycles. The number of aromatic nitrogens is 3. The molecule has 0 amide bonds. The molecule has 0 aliphatic carbocycles. The predicted octanol–water partition coefficient (Wildman–Crippen LogP) is 2.96. The molecule has 0 bridgehead atoms. The molecule has 0 saturated carbocycles. The summed E-state index contributed by atoms with van der Waals surface area (Å²) in [6.45, 7) is 5.21. The van der Waals surface area contributed by atoms with Crippen LogP contribution in [0.5, 0.6) is 0 Å². The highest BCUT2D eigenvalue weighted by molar-refractivity contribution is 7.16. The second-order valence-corrected chi connectivity index (χ2v) is 8.67. The van der Waals surface area contributed by atoms with Gasteiger partial charge in [-0.3, -0.25) is 14.9 Å². The van der Waals surface area contributed by atoms with Crippen LogP contribution in [0.3, 0.4) is 0 Å². The van der Waals surface area contributed by atoms with E-state index in [-0.39, 0.29) is 23.4 Å². The molecule has 4 rings (SSSR count). The van der Waals surface area contributed by atoms with Gasteiger partial charge in [0.1, 0.15) is 12.3 Å². The van der Waals surface area contributed by atoms with Gasteiger partial charge in [-0.15, -0.1) is 0 Å². The maximum Gasteiger partial charge on any atom is 0.338 e. The van der Waals surface area contributed by atoms with Crippen LogP contribution in [0.25, 0.3) is 4.96 Å². The summed E-state index contributed by atoms with van der Waals surface area (Å²) in [7, 11) is 0. The number of carbonyl (C=O) groups is 1. The summed E-state index contributed by atoms with van der Waals surface area (Å²) >= 11 is 1.14. The normalized spacial score (nSPS) is 14.7. The number of hydrogen-bond acceptors (Lipinski definition) is 9. The molecule has 1 aromatic carbocycles. The first-order valence-corrected chi connectivity index (χ1v) is 10.7. The number of esters is 1. The van der Waals surface area contributed by atoms with E-state index in [1.807, 2.05) is 4.90 Å². The van der Waals surface area contributed by atoms with E-state index in [9.17, 15) is 19.7 Å². The first-order valence-electron chi connectivity index (χ1n) is 9.88. The monoisotopic (exact) mass is 443 g/mol. The van der Waals surface area contributed by atoms with E-state index < -0.39 is 10.9 Å². The summed E-state index contributed by atoms with van der Waals surface area (Å²) in [5, 5.41) is 16.1. The average Bonchev–Trinajstić information content (AvgIpc) is 3.15. The number of aryl methyl sites for hydroxylation is 1. The highest BCUT2D eigenvalue weighted by Gasteiger charge is 2.25. The van der Waals surface area contributed by atoms with Crippen molar-refractivity contribution in [1.82, 2.24) is 14.6 Å². The Bertz CT molecular complexity index is 1210. The number of nitro benzene ring substituents is 1. The van der Waals surface area contributed by atoms with Crippen molar-refractivity contribution in [1.29, 1.82) is 0 Å². The van der Waals surface area contributed by atoms with Crippen molar-refractivity contribution < 1.29 is 14.5 Å². The lowest BCUT2D eigenvalue weighted by atomic mass is 9.98. The molecule has 1 aliphatic rings. The Kier molecular flexibility index (Phi) is 5.68. The SMILES string of the molecule is Cc1cc(=O)n2nc(COC(=O)c3ccc(N4CCC(C)CC4)c([N+](=O)[O-])c3)sc2n1. The van der Waals surface area contributed by atoms with Crippen molar-refractivity contribution in [2.24, 2.45) is 5.92 Å². The van der Waals surface area contributed by atoms with Gasteiger partial charge in [-0.1, -0.05) is 18.3 Å². The molecule has 31 heavy (non-hydrogen) atoms. The highest BCUT2D eigenvalue weighted by Crippen LogP contribution is 2.32. The predicted molar refractivity (Wildman–Crippen MR) is 115 cm³/mol. The number of fused-ring (bicyclic) bond motifs is 1. The van der Waals surface area contributed by atoms with Gasteiger partial charge in [0, 0.05) is 30.9 Å². The number of nitro groups is 1. The number of piperidine rings is 1. The van der Waals surface area contributed by atoms with Crippen molar-refractivity contribution in [2.45, 2.75) is 33.3 Å². The van der Waals surface area contributed by atoms with Gasteiger partial charge in [-0.25, -0.2) is 9.78 Å². The fraction of sp³-hybridized carbons (Fsp3) is 0.400. The van der Waals surface area contributed by atoms with Crippen LogP contribution < -0.4 is 10.5 Å². The van der Waals surface area contributed by atoms with E-state index in [2.05, 4.69) is 17.0 Å². The topological polar surface area (TPSA) is 120 Å². The second-order valence-electron chi connectivity index (χ2n) is 7.63. The second kappa shape index (κ2) is 8.42. The van der Waals surface area contributed by atoms with Crippen LogP contribution in [0.4, 0.5) is 11.4 Å². The fourth-order valence-electron chi connectivity index (χ4n) is 3.54. The fourth-order valence-corrected chi connectivity index (χ4v) is 4.40. The van der Waals surface area contributed by atoms with E-state index in [0.717, 1.165) is 41.8 Å². The number of hydrogen-bond donors (Lipinski definition) is 0. The minimum Gasteiger partial charge on any atom is -0.455 e. The van der Waals surface area contributed by atoms with Crippen molar-refractivity contribution in [2.75, 3.05) is 18.0 Å². The molecule has 3 aromatic rings. The van der Waals surface area contributed by atoms with Gasteiger partial charge in [-0.2, -0.15) is 9.61 Å². The summed E-state index contributed by atoms with van der Waals surface area (Å²) in [4.78, 5) is 42.2. The van der Waals surface area contributed by atoms with Crippen molar-refractivity contribution in [3.8, 4) is 0 Å². The highest BCUT2D eigenvalue weighted by atomic mass is 32.1. The molecule has 0 N–H and O–H groups in total. The maximum atomic E-state index is 12.5. The van der Waals surface area contributed by atoms with Crippen molar-refractivity contribution in [3.05, 3.63) is 61.0 Å². The average molecular weight is 443 g/mol. The molecule has 1 aliphatic heterocycles. The minimum absolute atomic E-state index is 0.0908. The Balaban J connectivity index is 1.51. The van der Waals surface area contributed by atoms with Crippen LogP contribution >= 0.6 is 11.3 Å². The molecule has 0 radical (unpaired) electrons. The lowest BCUT2D eigenvalue weighted by molar-refractivity contribution is -0.384. The Morgan fingerprint density at radius 3 is 2.77 bits per heavy atom. The van der Waals surface area contributed by atoms with Crippen LogP contribution in [0.1, 0.15) is 40.8 Å². The molecule has 2 aromatic heterocycles. The number of ether oxygens (including phenoxy) is 1. The van der Waals surface area contributed by atoms with Gasteiger partial charge < -0.3 is 9.64 Å². The largest absolute Gasteiger partial charge is 0.455 e. The van der Waals surface area contributed by atoms with Crippen molar-refractivity contribution in [3.63, 3.8) is 0 Å². The van der Waals surface area contributed by atoms with Gasteiger partial charge in [0.15, 0.2) is 5.01 Å². The zero-order valence-corrected chi connectivity index (χ0v) is 17.9. The van der Waals surface area contributed by atoms with E-state index in [1.54, 1.807) is 13.0 Å². The van der Waals surface area contributed by atoms with Gasteiger partial charge in [0.25, 0.3) is 11.2 Å². The van der Waals surface area contributed by atoms with Gasteiger partial charge in [-0.05, 0) is 37.8 Å². The number of benzene rings is 1. The van der Waals surface area contributed by atoms with Crippen LogP contribution in [0, 0.1) is 23.0 Å². The molecule has 0 spiro atoms. The lowest BCUT2D eigenvalue weighted by Crippen LogP contribution is -2.33. The molecule has 162 valence electrons. The third kappa shape index (κ3) is 4.41. The van der Waals surface area contributed by atoms with E-state index >= 15 is 0 Å². The zero-order valence-electron chi connectivity index (χ0n) is 17.1. The molecule has 0 unspecified atom stereocenters. The number of carbonyl (C=O) groups excluding carboxylic acids is 1. The molecule has 10 nitrogen and oxygen atoms in total. The number of nitrogens with zero attached hydrogens (tertiary/aromatic N) is 5. The summed E-state index contributed by atoms with van der Waals surface area (Å²) in [5.41, 5.74) is 0.756. The van der Waals surface area contributed by atoms with Crippen LogP contribution in [0.15, 0.2) is 29.1 Å². The van der Waals surface area contributed by atoms with E-state index in [4.69, 9.17) is 4.74 Å². The van der Waals surface area contributed by atoms with E-state index in [1.165, 1.54) is 18.2 Å². The lowest BCUT2D eigenvalue weighted by Gasteiger charge is -2.31. The third-order valence-electron chi connectivity index (χ3n) is 5.27. The summed E-state index contributed by atoms with van der Waals surface area (Å²) in [6.07, 6.45) is 1.95. The maximum absolute atomic E-state index is 12.5. The third-order valence-corrected chi connectivity index (χ3v) is 6.16. The summed E-state index contributed by atoms with van der Waals surface area (Å²) in [6, 6.07) is 5.76. The molecular weight excluding hydrogens is 422 g/mol. The Morgan fingerprint density at radius 2 is 2.06 bits per heavy atom. The summed E-state index contributed by atoms with van der Waals surface area (Å²) in [5.74, 6) is -0.0975. The summed E-state index contributed by atoms with van der Waals surface area (Å²) < 4.78 is 6.43. The molecule has 1 saturated heterocycles. The van der Waals surface area contributed by atoms with Gasteiger partial charge in [0.05, 0.1) is 10.5 Å². The number of rotatable bonds is 5. The van der Waals surface area contributed by atoms with Gasteiger partial charge >= 0.3 is 5.97 Å². The van der Waals surface area contributed by atoms with Gasteiger partial charge in [0.2, 0.25) is 4.96 Å². The minimum atomic E-state index is -0.697. The van der Waals surface area contributed by atoms with Crippen LogP contribution in [-0.4, -0.2) is 38.6 Å². The first kappa shape index (κ1) is 20.9. The Morgan fingerprint density at radius 1 is 1.32 bits per heavy atom. The Hall–Kier alpha value is -3.34. The smallest absolute Gasteiger partial charge is 0.338 e. The molecule has 11 heteroatoms. The number of anilines is 1. The quantitative estimate of drug-likeness (QED) is 0.335. The standard InChI is InChI=1S/C20H21N5O5S/c1-12-5-7-23(8-6-12)15-4-3-14(10-16(15)25(28)29)19(27)30-11-17-22-24-18(26)9-13(2)21-20(24)31-17/h3-4,9-10,12H,5-8,11H2,1-2H3. The van der Waals surface area contributed by atoms with Crippen molar-refractivity contribution >= 4 is 33.6 Å². The Labute approximate surface area is 181 Å². The first-order chi connectivity index (χ1) is 14.8. The molecule has 0 atom stereocenters. The van der Waals surface area contributed by atoms with E-state index in [0.29, 0.717) is 27.3 Å². The zero-order chi connectivity index (χ0) is 22.1.